The zero-order chi connectivity index (χ0) is 23.3. The Kier molecular flexibility index (Phi) is 6.76. The molecule has 1 aromatic carbocycles. The van der Waals surface area contributed by atoms with Crippen molar-refractivity contribution in [3.05, 3.63) is 54.2 Å². The third kappa shape index (κ3) is 5.07. The summed E-state index contributed by atoms with van der Waals surface area (Å²) in [6, 6.07) is 13.3. The van der Waals surface area contributed by atoms with Gasteiger partial charge in [0.1, 0.15) is 17.7 Å². The van der Waals surface area contributed by atoms with Gasteiger partial charge in [-0.1, -0.05) is 0 Å². The Labute approximate surface area is 199 Å². The number of methoxy groups -OCH3 is 1. The molecule has 1 N–H and O–H groups in total. The van der Waals surface area contributed by atoms with E-state index in [1.165, 1.54) is 0 Å². The maximum Gasteiger partial charge on any atom is 0.251 e. The Morgan fingerprint density at radius 3 is 2.59 bits per heavy atom. The molecule has 1 aliphatic carbocycles. The van der Waals surface area contributed by atoms with Crippen molar-refractivity contribution in [3.63, 3.8) is 0 Å². The molecule has 5 rings (SSSR count). The Balaban J connectivity index is 1.22. The van der Waals surface area contributed by atoms with Gasteiger partial charge in [0.15, 0.2) is 0 Å². The summed E-state index contributed by atoms with van der Waals surface area (Å²) in [5, 5.41) is 4.08. The van der Waals surface area contributed by atoms with E-state index >= 15 is 0 Å². The maximum absolute atomic E-state index is 12.6. The number of hydrogen-bond acceptors (Lipinski definition) is 7. The zero-order valence-corrected chi connectivity index (χ0v) is 19.4. The molecule has 1 saturated heterocycles. The molecule has 1 saturated carbocycles. The van der Waals surface area contributed by atoms with Crippen LogP contribution in [0.2, 0.25) is 0 Å². The summed E-state index contributed by atoms with van der Waals surface area (Å²) >= 11 is 0. The molecule has 2 fully saturated rings. The molecule has 1 aliphatic heterocycles. The van der Waals surface area contributed by atoms with E-state index in [4.69, 9.17) is 19.2 Å². The van der Waals surface area contributed by atoms with Gasteiger partial charge in [-0.15, -0.1) is 0 Å². The fourth-order valence-electron chi connectivity index (χ4n) is 4.57. The van der Waals surface area contributed by atoms with Gasteiger partial charge in [-0.2, -0.15) is 4.98 Å². The summed E-state index contributed by atoms with van der Waals surface area (Å²) < 4.78 is 17.1. The minimum atomic E-state index is -0.0519. The van der Waals surface area contributed by atoms with Crippen LogP contribution in [0, 0.1) is 0 Å². The van der Waals surface area contributed by atoms with Crippen molar-refractivity contribution in [1.82, 2.24) is 15.3 Å². The molecule has 2 aromatic heterocycles. The van der Waals surface area contributed by atoms with Crippen molar-refractivity contribution in [3.8, 4) is 11.6 Å². The van der Waals surface area contributed by atoms with Crippen LogP contribution in [0.1, 0.15) is 36.0 Å². The minimum absolute atomic E-state index is 0.0519. The predicted octanol–water partition coefficient (Wildman–Crippen LogP) is 3.60. The van der Waals surface area contributed by atoms with Crippen LogP contribution in [0.3, 0.4) is 0 Å². The molecule has 8 nitrogen and oxygen atoms in total. The van der Waals surface area contributed by atoms with Crippen molar-refractivity contribution in [2.75, 3.05) is 38.3 Å². The zero-order valence-electron chi connectivity index (χ0n) is 19.4. The van der Waals surface area contributed by atoms with Gasteiger partial charge in [0.2, 0.25) is 5.88 Å². The number of fused-ring (bicyclic) bond motifs is 1. The van der Waals surface area contributed by atoms with Gasteiger partial charge in [0, 0.05) is 37.0 Å². The number of rotatable bonds is 6. The lowest BCUT2D eigenvalue weighted by molar-refractivity contribution is 0.0891. The molecule has 0 unspecified atom stereocenters. The number of amides is 1. The average Bonchev–Trinajstić information content (AvgIpc) is 2.90. The number of anilines is 1. The van der Waals surface area contributed by atoms with E-state index in [1.807, 2.05) is 18.2 Å². The van der Waals surface area contributed by atoms with Gasteiger partial charge in [-0.25, -0.2) is 0 Å². The molecule has 8 heteroatoms. The molecule has 3 aromatic rings. The molecular weight excluding hydrogens is 432 g/mol. The molecule has 0 bridgehead atoms. The molecule has 34 heavy (non-hydrogen) atoms. The summed E-state index contributed by atoms with van der Waals surface area (Å²) in [5.74, 6) is 2.20. The van der Waals surface area contributed by atoms with Crippen LogP contribution in [0.15, 0.2) is 48.7 Å². The third-order valence-corrected chi connectivity index (χ3v) is 6.53. The quantitative estimate of drug-likeness (QED) is 0.599. The predicted molar refractivity (Wildman–Crippen MR) is 130 cm³/mol. The molecular formula is C26H30N4O4. The number of ether oxygens (including phenoxy) is 3. The average molecular weight is 463 g/mol. The molecule has 178 valence electrons. The standard InChI is InChI=1S/C26H30N4O4/c1-32-20-8-4-18(5-9-20)25(31)28-19-6-10-21(11-7-19)34-26-22-3-2-12-27-23(22)17-24(29-26)30-13-15-33-16-14-30/h2-5,8-9,12,17,19,21H,6-7,10-11,13-16H2,1H3,(H,28,31). The fraction of sp³-hybridized carbons (Fsp3) is 0.423. The van der Waals surface area contributed by atoms with Crippen molar-refractivity contribution in [1.29, 1.82) is 0 Å². The van der Waals surface area contributed by atoms with E-state index < -0.39 is 0 Å². The van der Waals surface area contributed by atoms with Crippen LogP contribution in [0.5, 0.6) is 11.6 Å². The van der Waals surface area contributed by atoms with Gasteiger partial charge in [-0.05, 0) is 62.1 Å². The molecule has 0 atom stereocenters. The lowest BCUT2D eigenvalue weighted by Crippen LogP contribution is -2.39. The van der Waals surface area contributed by atoms with E-state index in [9.17, 15) is 4.79 Å². The molecule has 2 aliphatic rings. The van der Waals surface area contributed by atoms with E-state index in [0.717, 1.165) is 61.2 Å². The first-order valence-electron chi connectivity index (χ1n) is 11.9. The van der Waals surface area contributed by atoms with Crippen LogP contribution >= 0.6 is 0 Å². The first kappa shape index (κ1) is 22.4. The normalized spacial score (nSPS) is 20.7. The summed E-state index contributed by atoms with van der Waals surface area (Å²) in [5.41, 5.74) is 1.52. The highest BCUT2D eigenvalue weighted by atomic mass is 16.5. The number of aromatic nitrogens is 2. The van der Waals surface area contributed by atoms with Crippen LogP contribution in [-0.4, -0.2) is 61.4 Å². The van der Waals surface area contributed by atoms with Crippen molar-refractivity contribution in [2.45, 2.75) is 37.8 Å². The second-order valence-electron chi connectivity index (χ2n) is 8.75. The number of hydrogen-bond donors (Lipinski definition) is 1. The molecule has 1 amide bonds. The largest absolute Gasteiger partial charge is 0.497 e. The second kappa shape index (κ2) is 10.3. The molecule has 0 radical (unpaired) electrons. The number of benzene rings is 1. The first-order chi connectivity index (χ1) is 16.7. The monoisotopic (exact) mass is 462 g/mol. The van der Waals surface area contributed by atoms with Gasteiger partial charge in [0.25, 0.3) is 5.91 Å². The van der Waals surface area contributed by atoms with Crippen molar-refractivity contribution < 1.29 is 19.0 Å². The van der Waals surface area contributed by atoms with E-state index in [1.54, 1.807) is 37.6 Å². The Hall–Kier alpha value is -3.39. The molecule has 3 heterocycles. The number of pyridine rings is 2. The van der Waals surface area contributed by atoms with Gasteiger partial charge >= 0.3 is 0 Å². The van der Waals surface area contributed by atoms with Gasteiger partial charge < -0.3 is 24.4 Å². The Bertz CT molecular complexity index is 1120. The summed E-state index contributed by atoms with van der Waals surface area (Å²) in [6.45, 7) is 3.02. The van der Waals surface area contributed by atoms with E-state index in [0.29, 0.717) is 24.7 Å². The summed E-state index contributed by atoms with van der Waals surface area (Å²) in [4.78, 5) is 24.2. The maximum atomic E-state index is 12.6. The smallest absolute Gasteiger partial charge is 0.251 e. The highest BCUT2D eigenvalue weighted by Crippen LogP contribution is 2.31. The summed E-state index contributed by atoms with van der Waals surface area (Å²) in [6.07, 6.45) is 5.31. The lowest BCUT2D eigenvalue weighted by atomic mass is 9.92. The number of nitrogens with one attached hydrogen (secondary N) is 1. The van der Waals surface area contributed by atoms with Crippen LogP contribution in [-0.2, 0) is 4.74 Å². The number of carbonyl (C=O) groups excluding carboxylic acids is 1. The number of nitrogens with zero attached hydrogens (tertiary/aromatic N) is 3. The molecule has 0 spiro atoms. The van der Waals surface area contributed by atoms with Crippen LogP contribution in [0.4, 0.5) is 5.82 Å². The summed E-state index contributed by atoms with van der Waals surface area (Å²) in [7, 11) is 1.61. The second-order valence-corrected chi connectivity index (χ2v) is 8.75. The number of morpholine rings is 1. The van der Waals surface area contributed by atoms with Crippen molar-refractivity contribution in [2.24, 2.45) is 0 Å². The van der Waals surface area contributed by atoms with Gasteiger partial charge in [-0.3, -0.25) is 9.78 Å². The van der Waals surface area contributed by atoms with Crippen molar-refractivity contribution >= 4 is 22.6 Å². The van der Waals surface area contributed by atoms with Crippen LogP contribution in [0.25, 0.3) is 10.9 Å². The third-order valence-electron chi connectivity index (χ3n) is 6.53. The van der Waals surface area contributed by atoms with E-state index in [2.05, 4.69) is 15.2 Å². The Morgan fingerprint density at radius 1 is 1.09 bits per heavy atom. The SMILES string of the molecule is COc1ccc(C(=O)NC2CCC(Oc3nc(N4CCOCC4)cc4ncccc34)CC2)cc1. The Morgan fingerprint density at radius 2 is 1.85 bits per heavy atom. The number of carbonyl (C=O) groups is 1. The minimum Gasteiger partial charge on any atom is -0.497 e. The van der Waals surface area contributed by atoms with Gasteiger partial charge in [0.05, 0.1) is 31.2 Å². The first-order valence-corrected chi connectivity index (χ1v) is 11.9. The fourth-order valence-corrected chi connectivity index (χ4v) is 4.57. The highest BCUT2D eigenvalue weighted by Gasteiger charge is 2.25. The van der Waals surface area contributed by atoms with E-state index in [-0.39, 0.29) is 18.1 Å². The lowest BCUT2D eigenvalue weighted by Gasteiger charge is -2.31. The van der Waals surface area contributed by atoms with Crippen LogP contribution < -0.4 is 19.7 Å². The topological polar surface area (TPSA) is 85.8 Å². The highest BCUT2D eigenvalue weighted by molar-refractivity contribution is 5.94.